The minimum atomic E-state index is 0.608. The summed E-state index contributed by atoms with van der Waals surface area (Å²) in [6, 6.07) is 15.4. The lowest BCUT2D eigenvalue weighted by molar-refractivity contribution is 0.195. The van der Waals surface area contributed by atoms with Crippen LogP contribution in [-0.4, -0.2) is 30.6 Å². The molecule has 4 rings (SSSR count). The number of hydrogen-bond acceptors (Lipinski definition) is 2. The third kappa shape index (κ3) is 3.92. The second-order valence-corrected chi connectivity index (χ2v) is 8.56. The standard InChI is InChI=1S/C23H28ClNO/c1-16-3-9-23(10-4-16)26-15-20-14-25(13-17(20)2)22-8-6-18-5-7-21(24)11-19(18)12-22/h3-5,7,9-11,17,20,22H,6,8,12-15H2,1-2H3/t17-,20+,22?/m1/s1. The molecule has 0 spiro atoms. The second kappa shape index (κ2) is 7.62. The number of hydrogen-bond donors (Lipinski definition) is 0. The first-order valence-corrected chi connectivity index (χ1v) is 10.2. The maximum Gasteiger partial charge on any atom is 0.119 e. The molecule has 0 amide bonds. The Morgan fingerprint density at radius 2 is 1.88 bits per heavy atom. The predicted molar refractivity (Wildman–Crippen MR) is 108 cm³/mol. The molecule has 0 radical (unpaired) electrons. The van der Waals surface area contributed by atoms with Gasteiger partial charge < -0.3 is 4.74 Å². The van der Waals surface area contributed by atoms with Crippen molar-refractivity contribution in [2.45, 2.75) is 39.2 Å². The van der Waals surface area contributed by atoms with Gasteiger partial charge in [-0.2, -0.15) is 0 Å². The molecule has 1 aliphatic heterocycles. The zero-order valence-corrected chi connectivity index (χ0v) is 16.5. The third-order valence-electron chi connectivity index (χ3n) is 6.17. The van der Waals surface area contributed by atoms with Crippen molar-refractivity contribution in [1.82, 2.24) is 4.90 Å². The van der Waals surface area contributed by atoms with Gasteiger partial charge in [-0.15, -0.1) is 0 Å². The minimum absolute atomic E-state index is 0.608. The highest BCUT2D eigenvalue weighted by Gasteiger charge is 2.35. The second-order valence-electron chi connectivity index (χ2n) is 8.12. The number of nitrogens with zero attached hydrogens (tertiary/aromatic N) is 1. The van der Waals surface area contributed by atoms with Gasteiger partial charge in [0.2, 0.25) is 0 Å². The summed E-state index contributed by atoms with van der Waals surface area (Å²) in [5, 5.41) is 0.864. The van der Waals surface area contributed by atoms with E-state index in [0.717, 1.165) is 30.3 Å². The largest absolute Gasteiger partial charge is 0.493 e. The number of rotatable bonds is 4. The fraction of sp³-hybridized carbons (Fsp3) is 0.478. The van der Waals surface area contributed by atoms with Crippen LogP contribution in [0.25, 0.3) is 0 Å². The summed E-state index contributed by atoms with van der Waals surface area (Å²) < 4.78 is 6.08. The number of likely N-dealkylation sites (tertiary alicyclic amines) is 1. The van der Waals surface area contributed by atoms with E-state index in [2.05, 4.69) is 55.1 Å². The highest BCUT2D eigenvalue weighted by Crippen LogP contribution is 2.32. The Balaban J connectivity index is 1.35. The van der Waals surface area contributed by atoms with Crippen LogP contribution in [0.3, 0.4) is 0 Å². The maximum absolute atomic E-state index is 6.21. The minimum Gasteiger partial charge on any atom is -0.493 e. The summed E-state index contributed by atoms with van der Waals surface area (Å²) in [7, 11) is 0. The summed E-state index contributed by atoms with van der Waals surface area (Å²) in [5.74, 6) is 2.28. The number of aryl methyl sites for hydroxylation is 2. The van der Waals surface area contributed by atoms with Crippen LogP contribution in [0.1, 0.15) is 30.0 Å². The van der Waals surface area contributed by atoms with Crippen LogP contribution in [0.2, 0.25) is 5.02 Å². The van der Waals surface area contributed by atoms with Crippen LogP contribution in [-0.2, 0) is 12.8 Å². The first kappa shape index (κ1) is 17.9. The lowest BCUT2D eigenvalue weighted by Gasteiger charge is -2.32. The van der Waals surface area contributed by atoms with Crippen LogP contribution in [0, 0.1) is 18.8 Å². The van der Waals surface area contributed by atoms with E-state index in [4.69, 9.17) is 16.3 Å². The van der Waals surface area contributed by atoms with Gasteiger partial charge in [0, 0.05) is 30.1 Å². The smallest absolute Gasteiger partial charge is 0.119 e. The Morgan fingerprint density at radius 1 is 1.08 bits per heavy atom. The molecule has 0 saturated carbocycles. The maximum atomic E-state index is 6.21. The Kier molecular flexibility index (Phi) is 5.24. The van der Waals surface area contributed by atoms with E-state index in [9.17, 15) is 0 Å². The van der Waals surface area contributed by atoms with Crippen LogP contribution in [0.5, 0.6) is 5.75 Å². The van der Waals surface area contributed by atoms with Crippen molar-refractivity contribution in [1.29, 1.82) is 0 Å². The zero-order valence-electron chi connectivity index (χ0n) is 15.7. The molecule has 2 aromatic rings. The van der Waals surface area contributed by atoms with Gasteiger partial charge in [-0.05, 0) is 67.5 Å². The summed E-state index contributed by atoms with van der Waals surface area (Å²) >= 11 is 6.21. The van der Waals surface area contributed by atoms with E-state index in [1.54, 1.807) is 0 Å². The Hall–Kier alpha value is -1.51. The van der Waals surface area contributed by atoms with Crippen molar-refractivity contribution >= 4 is 11.6 Å². The summed E-state index contributed by atoms with van der Waals surface area (Å²) in [6.45, 7) is 7.62. The van der Waals surface area contributed by atoms with E-state index in [-0.39, 0.29) is 0 Å². The van der Waals surface area contributed by atoms with Crippen molar-refractivity contribution in [2.24, 2.45) is 11.8 Å². The zero-order chi connectivity index (χ0) is 18.1. The Morgan fingerprint density at radius 3 is 2.69 bits per heavy atom. The van der Waals surface area contributed by atoms with Gasteiger partial charge >= 0.3 is 0 Å². The molecule has 1 saturated heterocycles. The first-order chi connectivity index (χ1) is 12.6. The highest BCUT2D eigenvalue weighted by atomic mass is 35.5. The van der Waals surface area contributed by atoms with E-state index < -0.39 is 0 Å². The van der Waals surface area contributed by atoms with E-state index in [1.807, 2.05) is 6.07 Å². The summed E-state index contributed by atoms with van der Waals surface area (Å²) in [6.07, 6.45) is 3.56. The molecule has 3 atom stereocenters. The predicted octanol–water partition coefficient (Wildman–Crippen LogP) is 5.15. The van der Waals surface area contributed by atoms with Crippen LogP contribution >= 0.6 is 11.6 Å². The molecule has 2 aliphatic rings. The molecule has 1 heterocycles. The molecule has 0 aromatic heterocycles. The molecular weight excluding hydrogens is 342 g/mol. The molecular formula is C23H28ClNO. The van der Waals surface area contributed by atoms with Crippen molar-refractivity contribution < 1.29 is 4.74 Å². The lowest BCUT2D eigenvalue weighted by Crippen LogP contribution is -2.38. The van der Waals surface area contributed by atoms with Gasteiger partial charge in [0.1, 0.15) is 5.75 Å². The fourth-order valence-corrected chi connectivity index (χ4v) is 4.64. The van der Waals surface area contributed by atoms with Gasteiger partial charge in [0.25, 0.3) is 0 Å². The van der Waals surface area contributed by atoms with Crippen molar-refractivity contribution in [3.05, 3.63) is 64.2 Å². The number of fused-ring (bicyclic) bond motifs is 1. The molecule has 1 unspecified atom stereocenters. The number of benzene rings is 2. The number of ether oxygens (including phenoxy) is 1. The highest BCUT2D eigenvalue weighted by molar-refractivity contribution is 6.30. The third-order valence-corrected chi connectivity index (χ3v) is 6.40. The van der Waals surface area contributed by atoms with Crippen molar-refractivity contribution in [3.63, 3.8) is 0 Å². The number of halogens is 1. The van der Waals surface area contributed by atoms with Crippen LogP contribution in [0.15, 0.2) is 42.5 Å². The van der Waals surface area contributed by atoms with Crippen LogP contribution in [0.4, 0.5) is 0 Å². The van der Waals surface area contributed by atoms with Gasteiger partial charge in [-0.1, -0.05) is 42.3 Å². The Bertz CT molecular complexity index is 757. The quantitative estimate of drug-likeness (QED) is 0.738. The Labute approximate surface area is 162 Å². The van der Waals surface area contributed by atoms with Crippen molar-refractivity contribution in [2.75, 3.05) is 19.7 Å². The summed E-state index contributed by atoms with van der Waals surface area (Å²) in [5.41, 5.74) is 4.20. The molecule has 0 bridgehead atoms. The summed E-state index contributed by atoms with van der Waals surface area (Å²) in [4.78, 5) is 2.69. The fourth-order valence-electron chi connectivity index (χ4n) is 4.45. The van der Waals surface area contributed by atoms with Crippen LogP contribution < -0.4 is 4.74 Å². The molecule has 138 valence electrons. The molecule has 1 fully saturated rings. The van der Waals surface area contributed by atoms with E-state index in [1.165, 1.54) is 36.1 Å². The SMILES string of the molecule is Cc1ccc(OC[C@@H]2CN(C3CCc4ccc(Cl)cc4C3)C[C@H]2C)cc1. The van der Waals surface area contributed by atoms with Crippen molar-refractivity contribution in [3.8, 4) is 5.75 Å². The molecule has 26 heavy (non-hydrogen) atoms. The molecule has 3 heteroatoms. The molecule has 2 nitrogen and oxygen atoms in total. The average molecular weight is 370 g/mol. The van der Waals surface area contributed by atoms with E-state index >= 15 is 0 Å². The monoisotopic (exact) mass is 369 g/mol. The first-order valence-electron chi connectivity index (χ1n) is 9.79. The van der Waals surface area contributed by atoms with Gasteiger partial charge in [0.05, 0.1) is 6.61 Å². The molecule has 2 aromatic carbocycles. The topological polar surface area (TPSA) is 12.5 Å². The molecule has 0 N–H and O–H groups in total. The molecule has 1 aliphatic carbocycles. The van der Waals surface area contributed by atoms with Gasteiger partial charge in [-0.3, -0.25) is 4.90 Å². The average Bonchev–Trinajstić information content (AvgIpc) is 3.01. The van der Waals surface area contributed by atoms with E-state index in [0.29, 0.717) is 17.9 Å². The van der Waals surface area contributed by atoms with Gasteiger partial charge in [0.15, 0.2) is 0 Å². The lowest BCUT2D eigenvalue weighted by atomic mass is 9.87. The van der Waals surface area contributed by atoms with Gasteiger partial charge in [-0.25, -0.2) is 0 Å². The normalized spacial score (nSPS) is 25.9.